The molecule has 1 aromatic carbocycles. The highest BCUT2D eigenvalue weighted by molar-refractivity contribution is 7.91. The number of hydrogen-bond donors (Lipinski definition) is 1. The molecule has 1 aliphatic rings. The lowest BCUT2D eigenvalue weighted by atomic mass is 9.99. The summed E-state index contributed by atoms with van der Waals surface area (Å²) in [6.07, 6.45) is -0.810. The fourth-order valence-corrected chi connectivity index (χ4v) is 4.60. The fourth-order valence-electron chi connectivity index (χ4n) is 2.92. The highest BCUT2D eigenvalue weighted by Crippen LogP contribution is 2.15. The van der Waals surface area contributed by atoms with Crippen LogP contribution in [0.25, 0.3) is 0 Å². The average molecular weight is 395 g/mol. The van der Waals surface area contributed by atoms with E-state index in [9.17, 15) is 22.8 Å². The van der Waals surface area contributed by atoms with Crippen molar-refractivity contribution < 1.29 is 27.5 Å². The van der Waals surface area contributed by atoms with Crippen molar-refractivity contribution >= 4 is 27.5 Å². The molecule has 0 radical (unpaired) electrons. The highest BCUT2D eigenvalue weighted by Gasteiger charge is 2.30. The van der Waals surface area contributed by atoms with E-state index in [4.69, 9.17) is 4.74 Å². The number of sulfone groups is 1. The van der Waals surface area contributed by atoms with Gasteiger partial charge in [0.05, 0.1) is 17.9 Å². The number of amides is 1. The van der Waals surface area contributed by atoms with Gasteiger partial charge in [0.1, 0.15) is 0 Å². The van der Waals surface area contributed by atoms with E-state index in [1.165, 1.54) is 6.92 Å². The molecule has 148 valence electrons. The largest absolute Gasteiger partial charge is 0.453 e. The number of benzene rings is 1. The summed E-state index contributed by atoms with van der Waals surface area (Å²) in [6, 6.07) is 5.11. The summed E-state index contributed by atoms with van der Waals surface area (Å²) in [4.78, 5) is 36.3. The number of aryl methyl sites for hydroxylation is 2. The maximum Gasteiger partial charge on any atom is 0.307 e. The standard InChI is InChI=1S/C19H25NO6S/c1-12-4-5-13(2)16(10-12)17(21)6-7-18(22)26-14(3)19(23)20-15-8-9-27(24,25)11-15/h4-5,10,14-15H,6-9,11H2,1-3H3,(H,20,23)/t14-,15-/m0/s1. The van der Waals surface area contributed by atoms with Crippen molar-refractivity contribution in [2.45, 2.75) is 52.2 Å². The number of carbonyl (C=O) groups is 3. The molecule has 1 aromatic rings. The van der Waals surface area contributed by atoms with Gasteiger partial charge in [0.2, 0.25) is 0 Å². The van der Waals surface area contributed by atoms with Crippen molar-refractivity contribution in [3.05, 3.63) is 34.9 Å². The third kappa shape index (κ3) is 6.16. The van der Waals surface area contributed by atoms with Gasteiger partial charge in [-0.3, -0.25) is 14.4 Å². The van der Waals surface area contributed by atoms with Crippen molar-refractivity contribution in [2.75, 3.05) is 11.5 Å². The molecule has 0 saturated carbocycles. The lowest BCUT2D eigenvalue weighted by Crippen LogP contribution is -2.42. The molecule has 1 fully saturated rings. The van der Waals surface area contributed by atoms with Gasteiger partial charge in [0.15, 0.2) is 21.7 Å². The van der Waals surface area contributed by atoms with Gasteiger partial charge in [0.25, 0.3) is 5.91 Å². The van der Waals surface area contributed by atoms with Crippen LogP contribution in [0.4, 0.5) is 0 Å². The van der Waals surface area contributed by atoms with Gasteiger partial charge in [-0.25, -0.2) is 8.42 Å². The summed E-state index contributed by atoms with van der Waals surface area (Å²) in [5.41, 5.74) is 2.39. The molecule has 0 spiro atoms. The van der Waals surface area contributed by atoms with Crippen LogP contribution in [0.15, 0.2) is 18.2 Å². The SMILES string of the molecule is Cc1ccc(C)c(C(=O)CCC(=O)O[C@@H](C)C(=O)N[C@H]2CCS(=O)(=O)C2)c1. The predicted octanol–water partition coefficient (Wildman–Crippen LogP) is 1.50. The summed E-state index contributed by atoms with van der Waals surface area (Å²) in [5, 5.41) is 2.58. The predicted molar refractivity (Wildman–Crippen MR) is 100 cm³/mol. The molecule has 2 rings (SSSR count). The van der Waals surface area contributed by atoms with E-state index < -0.39 is 33.9 Å². The Morgan fingerprint density at radius 2 is 1.93 bits per heavy atom. The summed E-state index contributed by atoms with van der Waals surface area (Å²) < 4.78 is 27.9. The Hall–Kier alpha value is -2.22. The molecule has 7 nitrogen and oxygen atoms in total. The summed E-state index contributed by atoms with van der Waals surface area (Å²) in [7, 11) is -3.10. The number of ether oxygens (including phenoxy) is 1. The molecule has 0 unspecified atom stereocenters. The van der Waals surface area contributed by atoms with Crippen LogP contribution in [-0.4, -0.2) is 49.7 Å². The molecule has 0 aromatic heterocycles. The number of rotatable bonds is 7. The van der Waals surface area contributed by atoms with Crippen molar-refractivity contribution in [1.29, 1.82) is 0 Å². The van der Waals surface area contributed by atoms with E-state index in [0.29, 0.717) is 12.0 Å². The first-order valence-corrected chi connectivity index (χ1v) is 10.7. The van der Waals surface area contributed by atoms with E-state index in [-0.39, 0.29) is 30.1 Å². The van der Waals surface area contributed by atoms with Crippen LogP contribution < -0.4 is 5.32 Å². The van der Waals surface area contributed by atoms with Crippen molar-refractivity contribution in [1.82, 2.24) is 5.32 Å². The van der Waals surface area contributed by atoms with Gasteiger partial charge in [-0.15, -0.1) is 0 Å². The Labute approximate surface area is 159 Å². The van der Waals surface area contributed by atoms with Crippen LogP contribution >= 0.6 is 0 Å². The number of esters is 1. The van der Waals surface area contributed by atoms with Crippen LogP contribution in [-0.2, 0) is 24.2 Å². The molecule has 27 heavy (non-hydrogen) atoms. The van der Waals surface area contributed by atoms with Crippen LogP contribution in [0, 0.1) is 13.8 Å². The molecule has 1 aliphatic heterocycles. The Bertz CT molecular complexity index is 846. The number of ketones is 1. The monoisotopic (exact) mass is 395 g/mol. The average Bonchev–Trinajstić information content (AvgIpc) is 2.93. The highest BCUT2D eigenvalue weighted by atomic mass is 32.2. The molecule has 2 atom stereocenters. The lowest BCUT2D eigenvalue weighted by molar-refractivity contribution is -0.154. The van der Waals surface area contributed by atoms with Crippen molar-refractivity contribution in [3.8, 4) is 0 Å². The summed E-state index contributed by atoms with van der Waals surface area (Å²) in [6.45, 7) is 5.14. The molecular weight excluding hydrogens is 370 g/mol. The van der Waals surface area contributed by atoms with Crippen LogP contribution in [0.5, 0.6) is 0 Å². The van der Waals surface area contributed by atoms with Crippen LogP contribution in [0.3, 0.4) is 0 Å². The molecular formula is C19H25NO6S. The fraction of sp³-hybridized carbons (Fsp3) is 0.526. The quantitative estimate of drug-likeness (QED) is 0.554. The molecule has 0 aliphatic carbocycles. The topological polar surface area (TPSA) is 107 Å². The summed E-state index contributed by atoms with van der Waals surface area (Å²) in [5.74, 6) is -1.38. The smallest absolute Gasteiger partial charge is 0.307 e. The number of nitrogens with one attached hydrogen (secondary N) is 1. The molecule has 1 amide bonds. The first-order valence-electron chi connectivity index (χ1n) is 8.88. The summed E-state index contributed by atoms with van der Waals surface area (Å²) >= 11 is 0. The van der Waals surface area contributed by atoms with Gasteiger partial charge in [-0.05, 0) is 38.8 Å². The molecule has 1 N–H and O–H groups in total. The molecule has 1 saturated heterocycles. The Balaban J connectivity index is 1.80. The van der Waals surface area contributed by atoms with Crippen molar-refractivity contribution in [2.24, 2.45) is 0 Å². The third-order valence-electron chi connectivity index (χ3n) is 4.51. The third-order valence-corrected chi connectivity index (χ3v) is 6.27. The Morgan fingerprint density at radius 1 is 1.22 bits per heavy atom. The Morgan fingerprint density at radius 3 is 2.56 bits per heavy atom. The van der Waals surface area contributed by atoms with Crippen molar-refractivity contribution in [3.63, 3.8) is 0 Å². The van der Waals surface area contributed by atoms with Crippen LogP contribution in [0.1, 0.15) is 47.7 Å². The number of Topliss-reactive ketones (excluding diaryl/α,β-unsaturated/α-hetero) is 1. The van der Waals surface area contributed by atoms with E-state index in [1.54, 1.807) is 6.07 Å². The zero-order valence-electron chi connectivity index (χ0n) is 15.8. The number of hydrogen-bond acceptors (Lipinski definition) is 6. The molecule has 1 heterocycles. The minimum Gasteiger partial charge on any atom is -0.453 e. The van der Waals surface area contributed by atoms with E-state index in [1.807, 2.05) is 26.0 Å². The van der Waals surface area contributed by atoms with E-state index in [2.05, 4.69) is 5.32 Å². The Kier molecular flexibility index (Phi) is 6.75. The number of carbonyl (C=O) groups excluding carboxylic acids is 3. The second-order valence-electron chi connectivity index (χ2n) is 6.98. The minimum atomic E-state index is -3.10. The van der Waals surface area contributed by atoms with Gasteiger partial charge in [-0.2, -0.15) is 0 Å². The molecule has 8 heteroatoms. The van der Waals surface area contributed by atoms with E-state index in [0.717, 1.165) is 11.1 Å². The normalized spacial score (nSPS) is 19.3. The minimum absolute atomic E-state index is 0.00165. The lowest BCUT2D eigenvalue weighted by Gasteiger charge is -2.16. The van der Waals surface area contributed by atoms with Gasteiger partial charge in [0, 0.05) is 18.0 Å². The maximum atomic E-state index is 12.3. The zero-order valence-corrected chi connectivity index (χ0v) is 16.6. The van der Waals surface area contributed by atoms with E-state index >= 15 is 0 Å². The van der Waals surface area contributed by atoms with Gasteiger partial charge in [-0.1, -0.05) is 17.7 Å². The van der Waals surface area contributed by atoms with Gasteiger partial charge >= 0.3 is 5.97 Å². The second-order valence-corrected chi connectivity index (χ2v) is 9.21. The first kappa shape index (κ1) is 21.1. The zero-order chi connectivity index (χ0) is 20.2. The second kappa shape index (κ2) is 8.65. The van der Waals surface area contributed by atoms with Gasteiger partial charge < -0.3 is 10.1 Å². The molecule has 0 bridgehead atoms. The maximum absolute atomic E-state index is 12.3. The first-order chi connectivity index (χ1) is 12.6. The van der Waals surface area contributed by atoms with Crippen LogP contribution in [0.2, 0.25) is 0 Å².